The summed E-state index contributed by atoms with van der Waals surface area (Å²) in [4.78, 5) is 12.4. The van der Waals surface area contributed by atoms with Crippen molar-refractivity contribution >= 4 is 5.78 Å². The highest BCUT2D eigenvalue weighted by Crippen LogP contribution is 2.62. The van der Waals surface area contributed by atoms with E-state index in [0.29, 0.717) is 23.0 Å². The normalized spacial score (nSPS) is 48.5. The molecule has 0 aliphatic heterocycles. The van der Waals surface area contributed by atoms with Gasteiger partial charge in [0.25, 0.3) is 0 Å². The Morgan fingerprint density at radius 1 is 1.10 bits per heavy atom. The fourth-order valence-electron chi connectivity index (χ4n) is 5.85. The van der Waals surface area contributed by atoms with Gasteiger partial charge in [0.2, 0.25) is 0 Å². The predicted molar refractivity (Wildman–Crippen MR) is 85.8 cm³/mol. The van der Waals surface area contributed by atoms with Crippen molar-refractivity contribution < 1.29 is 4.79 Å². The van der Waals surface area contributed by atoms with Crippen LogP contribution in [0.1, 0.15) is 52.4 Å². The molecule has 4 aliphatic carbocycles. The predicted octanol–water partition coefficient (Wildman–Crippen LogP) is 4.85. The summed E-state index contributed by atoms with van der Waals surface area (Å²) in [6.07, 6.45) is 13.8. The zero-order valence-corrected chi connectivity index (χ0v) is 13.3. The monoisotopic (exact) mass is 282 g/mol. The van der Waals surface area contributed by atoms with E-state index in [1.54, 1.807) is 0 Å². The molecule has 0 saturated heterocycles. The lowest BCUT2D eigenvalue weighted by Crippen LogP contribution is -2.48. The molecule has 1 nitrogen and oxygen atoms in total. The van der Waals surface area contributed by atoms with Gasteiger partial charge in [-0.3, -0.25) is 4.79 Å². The van der Waals surface area contributed by atoms with Gasteiger partial charge in [0, 0.05) is 11.8 Å². The van der Waals surface area contributed by atoms with E-state index < -0.39 is 0 Å². The van der Waals surface area contributed by atoms with Crippen molar-refractivity contribution in [3.05, 3.63) is 36.0 Å². The smallest absolute Gasteiger partial charge is 0.139 e. The summed E-state index contributed by atoms with van der Waals surface area (Å²) >= 11 is 0. The van der Waals surface area contributed by atoms with Crippen molar-refractivity contribution in [1.29, 1.82) is 0 Å². The SMILES string of the molecule is C=C1C=C2C=C[C@@H]3[C@@H](CC[C@]4(C)C(=O)CC[C@@H]34)[C@@]2(C)CC1. The summed E-state index contributed by atoms with van der Waals surface area (Å²) in [6.45, 7) is 8.87. The standard InChI is InChI=1S/C20H26O/c1-13-8-10-19(2)14(12-13)4-5-15-16-6-7-18(21)20(16,3)11-9-17(15)19/h4-5,12,15-17H,1,6-11H2,2-3H3/t15-,16-,17+,19-,20-/m0/s1. The van der Waals surface area contributed by atoms with Crippen LogP contribution in [0.2, 0.25) is 0 Å². The van der Waals surface area contributed by atoms with Gasteiger partial charge in [-0.1, -0.05) is 44.2 Å². The molecule has 2 fully saturated rings. The maximum Gasteiger partial charge on any atom is 0.139 e. The van der Waals surface area contributed by atoms with E-state index in [-0.39, 0.29) is 5.41 Å². The van der Waals surface area contributed by atoms with E-state index in [0.717, 1.165) is 31.6 Å². The van der Waals surface area contributed by atoms with E-state index in [1.807, 2.05) is 0 Å². The zero-order chi connectivity index (χ0) is 14.8. The second-order valence-electron chi connectivity index (χ2n) is 8.24. The molecule has 0 aromatic carbocycles. The van der Waals surface area contributed by atoms with Crippen LogP contribution in [0, 0.1) is 28.6 Å². The van der Waals surface area contributed by atoms with Gasteiger partial charge in [0.1, 0.15) is 5.78 Å². The molecule has 0 heterocycles. The van der Waals surface area contributed by atoms with Crippen molar-refractivity contribution in [2.75, 3.05) is 0 Å². The van der Waals surface area contributed by atoms with E-state index in [2.05, 4.69) is 38.7 Å². The molecule has 0 aromatic rings. The minimum atomic E-state index is -0.0264. The van der Waals surface area contributed by atoms with Crippen LogP contribution in [0.25, 0.3) is 0 Å². The number of hydrogen-bond donors (Lipinski definition) is 0. The minimum absolute atomic E-state index is 0.0264. The van der Waals surface area contributed by atoms with E-state index in [9.17, 15) is 4.79 Å². The highest BCUT2D eigenvalue weighted by molar-refractivity contribution is 5.87. The van der Waals surface area contributed by atoms with Crippen LogP contribution in [-0.4, -0.2) is 5.78 Å². The third kappa shape index (κ3) is 1.67. The van der Waals surface area contributed by atoms with Crippen LogP contribution in [0.5, 0.6) is 0 Å². The molecule has 0 bridgehead atoms. The van der Waals surface area contributed by atoms with E-state index >= 15 is 0 Å². The van der Waals surface area contributed by atoms with Crippen LogP contribution < -0.4 is 0 Å². The largest absolute Gasteiger partial charge is 0.299 e. The average molecular weight is 282 g/mol. The molecular weight excluding hydrogens is 256 g/mol. The Hall–Kier alpha value is -1.11. The molecule has 1 heteroatoms. The number of Topliss-reactive ketones (excluding diaryl/α,β-unsaturated/α-hetero) is 1. The summed E-state index contributed by atoms with van der Waals surface area (Å²) in [5.41, 5.74) is 3.06. The lowest BCUT2D eigenvalue weighted by molar-refractivity contribution is -0.130. The second-order valence-corrected chi connectivity index (χ2v) is 8.24. The van der Waals surface area contributed by atoms with Gasteiger partial charge >= 0.3 is 0 Å². The summed E-state index contributed by atoms with van der Waals surface area (Å²) in [5.74, 6) is 2.46. The van der Waals surface area contributed by atoms with Gasteiger partial charge < -0.3 is 0 Å². The Morgan fingerprint density at radius 2 is 1.86 bits per heavy atom. The number of carbonyl (C=O) groups is 1. The van der Waals surface area contributed by atoms with Crippen molar-refractivity contribution in [1.82, 2.24) is 0 Å². The fourth-order valence-corrected chi connectivity index (χ4v) is 5.85. The first-order valence-electron chi connectivity index (χ1n) is 8.57. The van der Waals surface area contributed by atoms with Crippen LogP contribution in [0.4, 0.5) is 0 Å². The van der Waals surface area contributed by atoms with Crippen molar-refractivity contribution in [2.45, 2.75) is 52.4 Å². The highest BCUT2D eigenvalue weighted by Gasteiger charge is 2.57. The average Bonchev–Trinajstić information content (AvgIpc) is 2.76. The maximum absolute atomic E-state index is 12.4. The summed E-state index contributed by atoms with van der Waals surface area (Å²) < 4.78 is 0. The topological polar surface area (TPSA) is 17.1 Å². The molecular formula is C20H26O. The molecule has 112 valence electrons. The Labute approximate surface area is 128 Å². The first kappa shape index (κ1) is 13.5. The fraction of sp³-hybridized carbons (Fsp3) is 0.650. The molecule has 5 atom stereocenters. The van der Waals surface area contributed by atoms with E-state index in [4.69, 9.17) is 0 Å². The molecule has 0 amide bonds. The van der Waals surface area contributed by atoms with Gasteiger partial charge in [0.15, 0.2) is 0 Å². The molecule has 0 N–H and O–H groups in total. The molecule has 0 radical (unpaired) electrons. The van der Waals surface area contributed by atoms with Crippen molar-refractivity contribution in [3.8, 4) is 0 Å². The third-order valence-corrected chi connectivity index (χ3v) is 7.34. The van der Waals surface area contributed by atoms with Gasteiger partial charge in [0.05, 0.1) is 0 Å². The molecule has 0 spiro atoms. The highest BCUT2D eigenvalue weighted by atomic mass is 16.1. The van der Waals surface area contributed by atoms with Crippen LogP contribution in [-0.2, 0) is 4.79 Å². The lowest BCUT2D eigenvalue weighted by atomic mass is 9.49. The van der Waals surface area contributed by atoms with Gasteiger partial charge in [-0.15, -0.1) is 0 Å². The summed E-state index contributed by atoms with van der Waals surface area (Å²) in [7, 11) is 0. The van der Waals surface area contributed by atoms with Crippen LogP contribution in [0.3, 0.4) is 0 Å². The van der Waals surface area contributed by atoms with Gasteiger partial charge in [-0.05, 0) is 60.8 Å². The van der Waals surface area contributed by atoms with Crippen molar-refractivity contribution in [3.63, 3.8) is 0 Å². The van der Waals surface area contributed by atoms with Gasteiger partial charge in [-0.2, -0.15) is 0 Å². The Kier molecular flexibility index (Phi) is 2.72. The quantitative estimate of drug-likeness (QED) is 0.620. The second kappa shape index (κ2) is 4.21. The third-order valence-electron chi connectivity index (χ3n) is 7.34. The number of allylic oxidation sites excluding steroid dienone is 5. The van der Waals surface area contributed by atoms with Gasteiger partial charge in [-0.25, -0.2) is 0 Å². The Balaban J connectivity index is 1.77. The molecule has 4 aliphatic rings. The molecule has 2 saturated carbocycles. The zero-order valence-electron chi connectivity index (χ0n) is 13.3. The molecule has 0 aromatic heterocycles. The number of ketones is 1. The van der Waals surface area contributed by atoms with Crippen LogP contribution >= 0.6 is 0 Å². The number of rotatable bonds is 0. The summed E-state index contributed by atoms with van der Waals surface area (Å²) in [5, 5.41) is 0. The number of carbonyl (C=O) groups excluding carboxylic acids is 1. The molecule has 4 rings (SSSR count). The Morgan fingerprint density at radius 3 is 2.67 bits per heavy atom. The van der Waals surface area contributed by atoms with Crippen LogP contribution in [0.15, 0.2) is 36.0 Å². The minimum Gasteiger partial charge on any atom is -0.299 e. The molecule has 21 heavy (non-hydrogen) atoms. The Bertz CT molecular complexity index is 581. The first-order valence-corrected chi connectivity index (χ1v) is 8.57. The summed E-state index contributed by atoms with van der Waals surface area (Å²) in [6, 6.07) is 0. The number of hydrogen-bond acceptors (Lipinski definition) is 1. The number of fused-ring (bicyclic) bond motifs is 5. The maximum atomic E-state index is 12.4. The first-order chi connectivity index (χ1) is 9.95. The van der Waals surface area contributed by atoms with E-state index in [1.165, 1.54) is 24.0 Å². The lowest BCUT2D eigenvalue weighted by Gasteiger charge is -2.54. The van der Waals surface area contributed by atoms with Crippen molar-refractivity contribution in [2.24, 2.45) is 28.6 Å². The molecule has 0 unspecified atom stereocenters.